The van der Waals surface area contributed by atoms with Crippen molar-refractivity contribution in [1.82, 2.24) is 0 Å². The number of hydrogen-bond acceptors (Lipinski definition) is 5. The van der Waals surface area contributed by atoms with Crippen molar-refractivity contribution in [2.75, 3.05) is 30.0 Å². The van der Waals surface area contributed by atoms with E-state index in [-0.39, 0.29) is 5.97 Å². The Morgan fingerprint density at radius 1 is 1.33 bits per heavy atom. The number of ether oxygens (including phenoxy) is 1. The topological polar surface area (TPSA) is 67.6 Å². The second-order valence-electron chi connectivity index (χ2n) is 3.74. The van der Waals surface area contributed by atoms with E-state index in [2.05, 4.69) is 10.3 Å². The molecule has 3 N–H and O–H groups in total. The van der Waals surface area contributed by atoms with E-state index in [4.69, 9.17) is 10.6 Å². The van der Waals surface area contributed by atoms with Crippen molar-refractivity contribution in [3.8, 4) is 0 Å². The summed E-state index contributed by atoms with van der Waals surface area (Å²) in [4.78, 5) is 14.0. The number of carbonyl (C=O) groups is 1. The molecule has 18 heavy (non-hydrogen) atoms. The lowest BCUT2D eigenvalue weighted by atomic mass is 10.1. The van der Waals surface area contributed by atoms with Crippen molar-refractivity contribution in [2.45, 2.75) is 20.8 Å². The summed E-state index contributed by atoms with van der Waals surface area (Å²) in [5.74, 6) is 5.19. The van der Waals surface area contributed by atoms with Crippen molar-refractivity contribution in [1.29, 1.82) is 0 Å². The first-order valence-electron chi connectivity index (χ1n) is 6.21. The Kier molecular flexibility index (Phi) is 5.45. The van der Waals surface area contributed by atoms with Crippen LogP contribution in [0, 0.1) is 0 Å². The molecular weight excluding hydrogens is 230 g/mol. The number of esters is 1. The first-order valence-corrected chi connectivity index (χ1v) is 6.21. The molecule has 0 heterocycles. The van der Waals surface area contributed by atoms with Gasteiger partial charge in [-0.05, 0) is 32.9 Å². The highest BCUT2D eigenvalue weighted by molar-refractivity contribution is 5.99. The standard InChI is InChI=1S/C13H21N3O2/c1-4-16(5-2)12-10(13(17)18-6-3)8-7-9-11(12)15-14/h7-9,15H,4-6,14H2,1-3H3. The largest absolute Gasteiger partial charge is 0.462 e. The van der Waals surface area contributed by atoms with Gasteiger partial charge in [-0.1, -0.05) is 6.07 Å². The van der Waals surface area contributed by atoms with Crippen molar-refractivity contribution in [3.05, 3.63) is 23.8 Å². The summed E-state index contributed by atoms with van der Waals surface area (Å²) in [6.45, 7) is 7.80. The van der Waals surface area contributed by atoms with Crippen LogP contribution in [0.4, 0.5) is 11.4 Å². The quantitative estimate of drug-likeness (QED) is 0.460. The molecule has 0 atom stereocenters. The van der Waals surface area contributed by atoms with Crippen LogP contribution < -0.4 is 16.2 Å². The Labute approximate surface area is 108 Å². The van der Waals surface area contributed by atoms with Crippen LogP contribution in [0.2, 0.25) is 0 Å². The lowest BCUT2D eigenvalue weighted by Gasteiger charge is -2.26. The summed E-state index contributed by atoms with van der Waals surface area (Å²) >= 11 is 0. The number of hydrogen-bond donors (Lipinski definition) is 2. The van der Waals surface area contributed by atoms with E-state index in [0.29, 0.717) is 12.2 Å². The van der Waals surface area contributed by atoms with Gasteiger partial charge in [0.25, 0.3) is 0 Å². The van der Waals surface area contributed by atoms with E-state index in [1.165, 1.54) is 0 Å². The summed E-state index contributed by atoms with van der Waals surface area (Å²) in [5, 5.41) is 0. The van der Waals surface area contributed by atoms with Gasteiger partial charge < -0.3 is 15.1 Å². The molecule has 0 radical (unpaired) electrons. The molecule has 0 unspecified atom stereocenters. The zero-order valence-corrected chi connectivity index (χ0v) is 11.2. The van der Waals surface area contributed by atoms with Gasteiger partial charge in [0.1, 0.15) is 0 Å². The number of anilines is 2. The van der Waals surface area contributed by atoms with Gasteiger partial charge in [-0.2, -0.15) is 0 Å². The minimum Gasteiger partial charge on any atom is -0.462 e. The molecule has 0 aliphatic rings. The van der Waals surface area contributed by atoms with Crippen molar-refractivity contribution in [3.63, 3.8) is 0 Å². The Hall–Kier alpha value is -1.75. The van der Waals surface area contributed by atoms with Crippen molar-refractivity contribution in [2.24, 2.45) is 5.84 Å². The zero-order chi connectivity index (χ0) is 13.5. The lowest BCUT2D eigenvalue weighted by Crippen LogP contribution is -2.26. The van der Waals surface area contributed by atoms with E-state index >= 15 is 0 Å². The number of nitrogens with two attached hydrogens (primary N) is 1. The van der Waals surface area contributed by atoms with Crippen LogP contribution in [0.15, 0.2) is 18.2 Å². The summed E-state index contributed by atoms with van der Waals surface area (Å²) in [7, 11) is 0. The van der Waals surface area contributed by atoms with Gasteiger partial charge in [0.05, 0.1) is 23.5 Å². The van der Waals surface area contributed by atoms with Crippen molar-refractivity contribution < 1.29 is 9.53 Å². The maximum atomic E-state index is 12.0. The fourth-order valence-corrected chi connectivity index (χ4v) is 1.91. The molecule has 0 amide bonds. The Morgan fingerprint density at radius 2 is 2.00 bits per heavy atom. The van der Waals surface area contributed by atoms with Gasteiger partial charge >= 0.3 is 5.97 Å². The summed E-state index contributed by atoms with van der Waals surface area (Å²) < 4.78 is 5.07. The highest BCUT2D eigenvalue weighted by Crippen LogP contribution is 2.30. The molecule has 0 aliphatic carbocycles. The van der Waals surface area contributed by atoms with E-state index in [1.807, 2.05) is 19.9 Å². The van der Waals surface area contributed by atoms with Crippen LogP contribution in [0.25, 0.3) is 0 Å². The van der Waals surface area contributed by atoms with E-state index in [0.717, 1.165) is 24.5 Å². The van der Waals surface area contributed by atoms with Crippen LogP contribution in [0.1, 0.15) is 31.1 Å². The normalized spacial score (nSPS) is 10.0. The Bertz CT molecular complexity index is 403. The fraction of sp³-hybridized carbons (Fsp3) is 0.462. The van der Waals surface area contributed by atoms with Crippen LogP contribution >= 0.6 is 0 Å². The zero-order valence-electron chi connectivity index (χ0n) is 11.2. The third-order valence-corrected chi connectivity index (χ3v) is 2.77. The van der Waals surface area contributed by atoms with Crippen LogP contribution in [0.3, 0.4) is 0 Å². The third-order valence-electron chi connectivity index (χ3n) is 2.77. The molecule has 1 aromatic rings. The summed E-state index contributed by atoms with van der Waals surface area (Å²) in [6, 6.07) is 5.39. The maximum Gasteiger partial charge on any atom is 0.340 e. The molecule has 100 valence electrons. The molecule has 0 aromatic heterocycles. The lowest BCUT2D eigenvalue weighted by molar-refractivity contribution is 0.0527. The van der Waals surface area contributed by atoms with Gasteiger partial charge in [0.15, 0.2) is 0 Å². The van der Waals surface area contributed by atoms with Gasteiger partial charge in [0.2, 0.25) is 0 Å². The smallest absolute Gasteiger partial charge is 0.340 e. The number of rotatable bonds is 6. The fourth-order valence-electron chi connectivity index (χ4n) is 1.91. The van der Waals surface area contributed by atoms with Gasteiger partial charge in [-0.15, -0.1) is 0 Å². The third kappa shape index (κ3) is 2.92. The Morgan fingerprint density at radius 3 is 2.50 bits per heavy atom. The van der Waals surface area contributed by atoms with Gasteiger partial charge in [-0.25, -0.2) is 4.79 Å². The molecule has 0 fully saturated rings. The molecule has 1 rings (SSSR count). The molecule has 0 saturated heterocycles. The van der Waals surface area contributed by atoms with Crippen molar-refractivity contribution >= 4 is 17.3 Å². The number of nitrogens with one attached hydrogen (secondary N) is 1. The Balaban J connectivity index is 3.27. The predicted octanol–water partition coefficient (Wildman–Crippen LogP) is 2.00. The van der Waals surface area contributed by atoms with E-state index in [9.17, 15) is 4.79 Å². The van der Waals surface area contributed by atoms with Crippen LogP contribution in [-0.2, 0) is 4.74 Å². The van der Waals surface area contributed by atoms with Crippen LogP contribution in [0.5, 0.6) is 0 Å². The number of carbonyl (C=O) groups excluding carboxylic acids is 1. The first kappa shape index (κ1) is 14.3. The summed E-state index contributed by atoms with van der Waals surface area (Å²) in [6.07, 6.45) is 0. The predicted molar refractivity (Wildman–Crippen MR) is 73.8 cm³/mol. The number of benzene rings is 1. The minimum absolute atomic E-state index is 0.323. The monoisotopic (exact) mass is 251 g/mol. The second-order valence-corrected chi connectivity index (χ2v) is 3.74. The summed E-state index contributed by atoms with van der Waals surface area (Å²) in [5.41, 5.74) is 4.69. The SMILES string of the molecule is CCOC(=O)c1cccc(NN)c1N(CC)CC. The molecule has 0 saturated carbocycles. The van der Waals surface area contributed by atoms with Gasteiger partial charge in [-0.3, -0.25) is 5.84 Å². The molecule has 0 aliphatic heterocycles. The number of nitrogen functional groups attached to an aromatic ring is 1. The molecule has 0 bridgehead atoms. The molecule has 1 aromatic carbocycles. The number of nitrogens with zero attached hydrogens (tertiary/aromatic N) is 1. The average molecular weight is 251 g/mol. The minimum atomic E-state index is -0.323. The molecular formula is C13H21N3O2. The van der Waals surface area contributed by atoms with E-state index < -0.39 is 0 Å². The maximum absolute atomic E-state index is 12.0. The first-order chi connectivity index (χ1) is 8.69. The highest BCUT2D eigenvalue weighted by Gasteiger charge is 2.19. The average Bonchev–Trinajstić information content (AvgIpc) is 2.40. The van der Waals surface area contributed by atoms with E-state index in [1.54, 1.807) is 19.1 Å². The highest BCUT2D eigenvalue weighted by atomic mass is 16.5. The number of hydrazine groups is 1. The number of para-hydroxylation sites is 1. The molecule has 5 nitrogen and oxygen atoms in total. The second kappa shape index (κ2) is 6.86. The van der Waals surface area contributed by atoms with Gasteiger partial charge in [0, 0.05) is 13.1 Å². The van der Waals surface area contributed by atoms with Crippen LogP contribution in [-0.4, -0.2) is 25.7 Å². The molecule has 0 spiro atoms. The molecule has 5 heteroatoms.